The first kappa shape index (κ1) is 11.0. The fourth-order valence-corrected chi connectivity index (χ4v) is 3.00. The lowest BCUT2D eigenvalue weighted by atomic mass is 10.2. The van der Waals surface area contributed by atoms with E-state index in [-0.39, 0.29) is 0 Å². The molecule has 15 heavy (non-hydrogen) atoms. The summed E-state index contributed by atoms with van der Waals surface area (Å²) in [5.74, 6) is 2.88. The molecule has 1 saturated heterocycles. The molecule has 4 nitrogen and oxygen atoms in total. The summed E-state index contributed by atoms with van der Waals surface area (Å²) in [6.07, 6.45) is 5.29. The minimum Gasteiger partial charge on any atom is -0.339 e. The Morgan fingerprint density at radius 3 is 3.20 bits per heavy atom. The van der Waals surface area contributed by atoms with Crippen molar-refractivity contribution in [3.8, 4) is 0 Å². The van der Waals surface area contributed by atoms with Gasteiger partial charge in [0.05, 0.1) is 0 Å². The Morgan fingerprint density at radius 2 is 2.47 bits per heavy atom. The van der Waals surface area contributed by atoms with Crippen LogP contribution in [-0.2, 0) is 12.8 Å². The second kappa shape index (κ2) is 5.51. The van der Waals surface area contributed by atoms with E-state index in [2.05, 4.69) is 10.1 Å². The van der Waals surface area contributed by atoms with E-state index in [4.69, 9.17) is 10.3 Å². The summed E-state index contributed by atoms with van der Waals surface area (Å²) in [6, 6.07) is 0. The van der Waals surface area contributed by atoms with E-state index in [1.54, 1.807) is 0 Å². The molecule has 0 aliphatic carbocycles. The van der Waals surface area contributed by atoms with Crippen molar-refractivity contribution in [1.29, 1.82) is 0 Å². The zero-order valence-electron chi connectivity index (χ0n) is 8.82. The molecule has 0 radical (unpaired) electrons. The molecule has 2 rings (SSSR count). The number of aryl methyl sites for hydroxylation is 1. The Bertz CT molecular complexity index is 297. The van der Waals surface area contributed by atoms with Crippen LogP contribution in [0.25, 0.3) is 0 Å². The maximum atomic E-state index is 5.42. The Hall–Kier alpha value is -0.550. The van der Waals surface area contributed by atoms with Crippen LogP contribution in [0.15, 0.2) is 4.52 Å². The van der Waals surface area contributed by atoms with Crippen LogP contribution in [0, 0.1) is 0 Å². The molecule has 0 aromatic carbocycles. The molecule has 1 aromatic heterocycles. The van der Waals surface area contributed by atoms with E-state index in [0.29, 0.717) is 11.8 Å². The first-order chi connectivity index (χ1) is 7.38. The Kier molecular flexibility index (Phi) is 4.02. The van der Waals surface area contributed by atoms with E-state index >= 15 is 0 Å². The molecule has 0 amide bonds. The lowest BCUT2D eigenvalue weighted by Gasteiger charge is -2.02. The van der Waals surface area contributed by atoms with Gasteiger partial charge >= 0.3 is 0 Å². The minimum absolute atomic E-state index is 0.677. The molecule has 0 bridgehead atoms. The van der Waals surface area contributed by atoms with Crippen LogP contribution in [0.1, 0.15) is 31.0 Å². The van der Waals surface area contributed by atoms with Crippen molar-refractivity contribution in [2.45, 2.75) is 37.4 Å². The standard InChI is InChI=1S/C10H17N3OS/c11-5-1-4-10-12-9(13-14-10)7-8-3-2-6-15-8/h8H,1-7,11H2. The van der Waals surface area contributed by atoms with E-state index in [1.165, 1.54) is 18.6 Å². The molecular weight excluding hydrogens is 210 g/mol. The summed E-state index contributed by atoms with van der Waals surface area (Å²) in [6.45, 7) is 0.677. The Labute approximate surface area is 94.0 Å². The number of nitrogens with two attached hydrogens (primary N) is 1. The van der Waals surface area contributed by atoms with Gasteiger partial charge in [0.1, 0.15) is 0 Å². The normalized spacial score (nSPS) is 21.0. The highest BCUT2D eigenvalue weighted by Gasteiger charge is 2.18. The molecule has 2 heterocycles. The molecule has 1 atom stereocenters. The largest absolute Gasteiger partial charge is 0.339 e. The van der Waals surface area contributed by atoms with Gasteiger partial charge in [-0.15, -0.1) is 0 Å². The van der Waals surface area contributed by atoms with Gasteiger partial charge in [0, 0.05) is 18.1 Å². The average molecular weight is 227 g/mol. The predicted molar refractivity (Wildman–Crippen MR) is 60.9 cm³/mol. The van der Waals surface area contributed by atoms with Crippen LogP contribution >= 0.6 is 11.8 Å². The number of hydrogen-bond donors (Lipinski definition) is 1. The number of nitrogens with zero attached hydrogens (tertiary/aromatic N) is 2. The molecular formula is C10H17N3OS. The molecule has 1 unspecified atom stereocenters. The van der Waals surface area contributed by atoms with E-state index in [0.717, 1.165) is 31.0 Å². The quantitative estimate of drug-likeness (QED) is 0.823. The molecule has 2 N–H and O–H groups in total. The van der Waals surface area contributed by atoms with Crippen LogP contribution in [0.5, 0.6) is 0 Å². The van der Waals surface area contributed by atoms with Crippen molar-refractivity contribution in [3.05, 3.63) is 11.7 Å². The molecule has 0 saturated carbocycles. The lowest BCUT2D eigenvalue weighted by Crippen LogP contribution is -2.04. The van der Waals surface area contributed by atoms with E-state index in [9.17, 15) is 0 Å². The summed E-state index contributed by atoms with van der Waals surface area (Å²) in [5, 5.41) is 4.69. The molecule has 84 valence electrons. The monoisotopic (exact) mass is 227 g/mol. The Balaban J connectivity index is 1.83. The SMILES string of the molecule is NCCCc1nc(CC2CCCS2)no1. The predicted octanol–water partition coefficient (Wildman–Crippen LogP) is 1.40. The van der Waals surface area contributed by atoms with Crippen LogP contribution in [0.2, 0.25) is 0 Å². The van der Waals surface area contributed by atoms with E-state index in [1.807, 2.05) is 11.8 Å². The lowest BCUT2D eigenvalue weighted by molar-refractivity contribution is 0.370. The Morgan fingerprint density at radius 1 is 1.53 bits per heavy atom. The third-order valence-corrected chi connectivity index (χ3v) is 3.94. The maximum absolute atomic E-state index is 5.42. The van der Waals surface area contributed by atoms with Crippen LogP contribution in [-0.4, -0.2) is 27.7 Å². The van der Waals surface area contributed by atoms with Crippen LogP contribution < -0.4 is 5.73 Å². The van der Waals surface area contributed by atoms with Gasteiger partial charge in [0.2, 0.25) is 5.89 Å². The van der Waals surface area contributed by atoms with Gasteiger partial charge in [-0.05, 0) is 31.6 Å². The van der Waals surface area contributed by atoms with E-state index < -0.39 is 0 Å². The molecule has 1 aliphatic heterocycles. The molecule has 1 fully saturated rings. The smallest absolute Gasteiger partial charge is 0.226 e. The summed E-state index contributed by atoms with van der Waals surface area (Å²) >= 11 is 2.02. The second-order valence-corrected chi connectivity index (χ2v) is 5.24. The van der Waals surface area contributed by atoms with Gasteiger partial charge in [-0.3, -0.25) is 0 Å². The van der Waals surface area contributed by atoms with Crippen molar-refractivity contribution >= 4 is 11.8 Å². The van der Waals surface area contributed by atoms with Crippen molar-refractivity contribution in [1.82, 2.24) is 10.1 Å². The van der Waals surface area contributed by atoms with Crippen molar-refractivity contribution in [2.75, 3.05) is 12.3 Å². The molecule has 1 aliphatic rings. The first-order valence-electron chi connectivity index (χ1n) is 5.51. The fraction of sp³-hybridized carbons (Fsp3) is 0.800. The third-order valence-electron chi connectivity index (χ3n) is 2.54. The van der Waals surface area contributed by atoms with Gasteiger partial charge in [-0.2, -0.15) is 16.7 Å². The van der Waals surface area contributed by atoms with Crippen molar-refractivity contribution in [3.63, 3.8) is 0 Å². The van der Waals surface area contributed by atoms with Crippen LogP contribution in [0.3, 0.4) is 0 Å². The molecule has 5 heteroatoms. The molecule has 1 aromatic rings. The number of hydrogen-bond acceptors (Lipinski definition) is 5. The number of thioether (sulfide) groups is 1. The van der Waals surface area contributed by atoms with Crippen molar-refractivity contribution < 1.29 is 4.52 Å². The number of aromatic nitrogens is 2. The number of rotatable bonds is 5. The summed E-state index contributed by atoms with van der Waals surface area (Å²) in [4.78, 5) is 4.36. The maximum Gasteiger partial charge on any atom is 0.226 e. The highest BCUT2D eigenvalue weighted by Crippen LogP contribution is 2.28. The fourth-order valence-electron chi connectivity index (χ4n) is 1.74. The highest BCUT2D eigenvalue weighted by atomic mass is 32.2. The summed E-state index contributed by atoms with van der Waals surface area (Å²) in [7, 11) is 0. The second-order valence-electron chi connectivity index (χ2n) is 3.84. The molecule has 0 spiro atoms. The van der Waals surface area contributed by atoms with Crippen molar-refractivity contribution in [2.24, 2.45) is 5.73 Å². The summed E-state index contributed by atoms with van der Waals surface area (Å²) in [5.41, 5.74) is 5.42. The topological polar surface area (TPSA) is 64.9 Å². The average Bonchev–Trinajstić information content (AvgIpc) is 2.87. The zero-order valence-corrected chi connectivity index (χ0v) is 9.63. The van der Waals surface area contributed by atoms with Gasteiger partial charge in [0.25, 0.3) is 0 Å². The summed E-state index contributed by atoms with van der Waals surface area (Å²) < 4.78 is 5.15. The van der Waals surface area contributed by atoms with Crippen LogP contribution in [0.4, 0.5) is 0 Å². The first-order valence-corrected chi connectivity index (χ1v) is 6.56. The van der Waals surface area contributed by atoms with Gasteiger partial charge in [-0.1, -0.05) is 5.16 Å². The van der Waals surface area contributed by atoms with Gasteiger partial charge in [-0.25, -0.2) is 0 Å². The van der Waals surface area contributed by atoms with Gasteiger partial charge < -0.3 is 10.3 Å². The zero-order chi connectivity index (χ0) is 10.5. The minimum atomic E-state index is 0.677. The van der Waals surface area contributed by atoms with Gasteiger partial charge in [0.15, 0.2) is 5.82 Å². The third kappa shape index (κ3) is 3.21. The highest BCUT2D eigenvalue weighted by molar-refractivity contribution is 8.00.